The van der Waals surface area contributed by atoms with E-state index >= 15 is 0 Å². The maximum Gasteiger partial charge on any atom is 0.391 e. The molecule has 1 aromatic heterocycles. The molecule has 1 amide bonds. The lowest BCUT2D eigenvalue weighted by Gasteiger charge is -2.17. The van der Waals surface area contributed by atoms with Crippen LogP contribution in [0.2, 0.25) is 0 Å². The fourth-order valence-electron chi connectivity index (χ4n) is 1.99. The van der Waals surface area contributed by atoms with Crippen molar-refractivity contribution in [1.82, 2.24) is 5.32 Å². The summed E-state index contributed by atoms with van der Waals surface area (Å²) in [7, 11) is 0. The molecule has 4 nitrogen and oxygen atoms in total. The number of hydrogen-bond donors (Lipinski definition) is 2. The van der Waals surface area contributed by atoms with Crippen LogP contribution in [0, 0.1) is 0 Å². The molecule has 1 aromatic carbocycles. The van der Waals surface area contributed by atoms with Gasteiger partial charge in [-0.05, 0) is 23.6 Å². The molecule has 25 heavy (non-hydrogen) atoms. The number of amides is 1. The first-order valence-electron chi connectivity index (χ1n) is 7.11. The lowest BCUT2D eigenvalue weighted by atomic mass is 10.1. The van der Waals surface area contributed by atoms with Crippen molar-refractivity contribution < 1.29 is 27.9 Å². The Morgan fingerprint density at radius 3 is 2.52 bits per heavy atom. The molecule has 2 aromatic rings. The second-order valence-corrected chi connectivity index (χ2v) is 7.10. The molecule has 9 heteroatoms. The van der Waals surface area contributed by atoms with Crippen LogP contribution in [-0.4, -0.2) is 29.2 Å². The maximum atomic E-state index is 12.5. The van der Waals surface area contributed by atoms with Crippen LogP contribution < -0.4 is 5.32 Å². The molecule has 1 heterocycles. The minimum atomic E-state index is -4.69. The van der Waals surface area contributed by atoms with Crippen LogP contribution >= 0.6 is 23.1 Å². The van der Waals surface area contributed by atoms with Gasteiger partial charge in [-0.1, -0.05) is 18.2 Å². The van der Waals surface area contributed by atoms with Crippen molar-refractivity contribution in [3.05, 3.63) is 52.2 Å². The van der Waals surface area contributed by atoms with E-state index in [-0.39, 0.29) is 5.56 Å². The van der Waals surface area contributed by atoms with Crippen molar-refractivity contribution in [3.8, 4) is 0 Å². The number of halogens is 3. The summed E-state index contributed by atoms with van der Waals surface area (Å²) in [5.74, 6) is -1.97. The highest BCUT2D eigenvalue weighted by atomic mass is 32.2. The molecular formula is C16H14F3NO3S2. The number of thioether (sulfide) groups is 1. The first-order valence-corrected chi connectivity index (χ1v) is 8.97. The van der Waals surface area contributed by atoms with Gasteiger partial charge in [0.1, 0.15) is 6.04 Å². The molecule has 0 radical (unpaired) electrons. The second kappa shape index (κ2) is 8.39. The van der Waals surface area contributed by atoms with Crippen molar-refractivity contribution in [1.29, 1.82) is 0 Å². The van der Waals surface area contributed by atoms with E-state index in [1.165, 1.54) is 17.8 Å². The number of alkyl halides is 3. The van der Waals surface area contributed by atoms with E-state index in [9.17, 15) is 22.8 Å². The predicted octanol–water partition coefficient (Wildman–Crippen LogP) is 4.18. The van der Waals surface area contributed by atoms with Crippen molar-refractivity contribution in [2.75, 3.05) is 0 Å². The lowest BCUT2D eigenvalue weighted by Crippen LogP contribution is -2.43. The average molecular weight is 389 g/mol. The fraction of sp³-hybridized carbons (Fsp3) is 0.250. The monoisotopic (exact) mass is 389 g/mol. The van der Waals surface area contributed by atoms with E-state index in [1.807, 2.05) is 22.8 Å². The number of carbonyl (C=O) groups is 2. The SMILES string of the molecule is O=C(NC(CC(F)(F)F)C(=O)O)c1ccccc1SCc1cccs1. The molecule has 2 rings (SSSR count). The Hall–Kier alpha value is -2.00. The third kappa shape index (κ3) is 6.09. The van der Waals surface area contributed by atoms with Crippen LogP contribution in [0.25, 0.3) is 0 Å². The van der Waals surface area contributed by atoms with Gasteiger partial charge >= 0.3 is 12.1 Å². The summed E-state index contributed by atoms with van der Waals surface area (Å²) >= 11 is 2.91. The molecule has 2 N–H and O–H groups in total. The minimum Gasteiger partial charge on any atom is -0.480 e. The molecule has 134 valence electrons. The first kappa shape index (κ1) is 19.3. The Morgan fingerprint density at radius 1 is 1.20 bits per heavy atom. The van der Waals surface area contributed by atoms with Crippen molar-refractivity contribution >= 4 is 35.0 Å². The third-order valence-electron chi connectivity index (χ3n) is 3.12. The molecule has 0 spiro atoms. The topological polar surface area (TPSA) is 66.4 Å². The van der Waals surface area contributed by atoms with E-state index in [0.29, 0.717) is 10.6 Å². The summed E-state index contributed by atoms with van der Waals surface area (Å²) < 4.78 is 37.4. The molecule has 0 aliphatic carbocycles. The standard InChI is InChI=1S/C16H14F3NO3S2/c17-16(18,19)8-12(15(22)23)20-14(21)11-5-1-2-6-13(11)25-9-10-4-3-7-24-10/h1-7,12H,8-9H2,(H,20,21)(H,22,23). The van der Waals surface area contributed by atoms with E-state index in [1.54, 1.807) is 29.5 Å². The smallest absolute Gasteiger partial charge is 0.391 e. The second-order valence-electron chi connectivity index (χ2n) is 5.05. The van der Waals surface area contributed by atoms with Gasteiger partial charge in [0, 0.05) is 15.5 Å². The molecule has 1 atom stereocenters. The van der Waals surface area contributed by atoms with E-state index < -0.39 is 30.5 Å². The number of thiophene rings is 1. The van der Waals surface area contributed by atoms with Crippen LogP contribution in [0.4, 0.5) is 13.2 Å². The van der Waals surface area contributed by atoms with Crippen LogP contribution in [0.1, 0.15) is 21.7 Å². The molecule has 0 aliphatic heterocycles. The highest BCUT2D eigenvalue weighted by Crippen LogP contribution is 2.28. The number of carboxylic acid groups (broad SMARTS) is 1. The zero-order valence-corrected chi connectivity index (χ0v) is 14.4. The molecule has 0 saturated heterocycles. The number of hydrogen-bond acceptors (Lipinski definition) is 4. The summed E-state index contributed by atoms with van der Waals surface area (Å²) in [6.07, 6.45) is -6.32. The Bertz CT molecular complexity index is 732. The number of aliphatic carboxylic acids is 1. The number of carboxylic acids is 1. The largest absolute Gasteiger partial charge is 0.480 e. The van der Waals surface area contributed by atoms with Gasteiger partial charge in [0.25, 0.3) is 5.91 Å². The zero-order chi connectivity index (χ0) is 18.4. The van der Waals surface area contributed by atoms with Gasteiger partial charge in [0.2, 0.25) is 0 Å². The van der Waals surface area contributed by atoms with E-state index in [2.05, 4.69) is 0 Å². The number of rotatable bonds is 7. The van der Waals surface area contributed by atoms with Crippen molar-refractivity contribution in [3.63, 3.8) is 0 Å². The highest BCUT2D eigenvalue weighted by molar-refractivity contribution is 7.98. The van der Waals surface area contributed by atoms with Gasteiger partial charge in [-0.2, -0.15) is 13.2 Å². The lowest BCUT2D eigenvalue weighted by molar-refractivity contribution is -0.157. The zero-order valence-electron chi connectivity index (χ0n) is 12.7. The molecule has 0 bridgehead atoms. The Morgan fingerprint density at radius 2 is 1.92 bits per heavy atom. The first-order chi connectivity index (χ1) is 11.8. The minimum absolute atomic E-state index is 0.150. The summed E-state index contributed by atoms with van der Waals surface area (Å²) in [6, 6.07) is 8.22. The predicted molar refractivity (Wildman–Crippen MR) is 89.9 cm³/mol. The summed E-state index contributed by atoms with van der Waals surface area (Å²) in [6.45, 7) is 0. The van der Waals surface area contributed by atoms with E-state index in [4.69, 9.17) is 5.11 Å². The van der Waals surface area contributed by atoms with Crippen LogP contribution in [0.5, 0.6) is 0 Å². The Kier molecular flexibility index (Phi) is 6.49. The molecule has 0 fully saturated rings. The molecule has 0 saturated carbocycles. The summed E-state index contributed by atoms with van der Waals surface area (Å²) in [5.41, 5.74) is 0.150. The number of nitrogens with one attached hydrogen (secondary N) is 1. The van der Waals surface area contributed by atoms with Gasteiger partial charge in [0.15, 0.2) is 0 Å². The van der Waals surface area contributed by atoms with Gasteiger partial charge in [-0.15, -0.1) is 23.1 Å². The quantitative estimate of drug-likeness (QED) is 0.698. The van der Waals surface area contributed by atoms with Crippen LogP contribution in [0.3, 0.4) is 0 Å². The van der Waals surface area contributed by atoms with Gasteiger partial charge < -0.3 is 10.4 Å². The van der Waals surface area contributed by atoms with Crippen molar-refractivity contribution in [2.24, 2.45) is 0 Å². The van der Waals surface area contributed by atoms with Crippen molar-refractivity contribution in [2.45, 2.75) is 29.3 Å². The van der Waals surface area contributed by atoms with Gasteiger partial charge in [-0.3, -0.25) is 4.79 Å². The molecule has 1 unspecified atom stereocenters. The molecular weight excluding hydrogens is 375 g/mol. The van der Waals surface area contributed by atoms with Gasteiger partial charge in [-0.25, -0.2) is 4.79 Å². The third-order valence-corrected chi connectivity index (χ3v) is 5.30. The van der Waals surface area contributed by atoms with Gasteiger partial charge in [0.05, 0.1) is 12.0 Å². The Labute approximate surface area is 150 Å². The maximum absolute atomic E-state index is 12.5. The fourth-order valence-corrected chi connectivity index (χ4v) is 3.81. The number of carbonyl (C=O) groups excluding carboxylic acids is 1. The summed E-state index contributed by atoms with van der Waals surface area (Å²) in [5, 5.41) is 12.8. The number of benzene rings is 1. The van der Waals surface area contributed by atoms with Crippen LogP contribution in [0.15, 0.2) is 46.7 Å². The average Bonchev–Trinajstić information content (AvgIpc) is 3.04. The summed E-state index contributed by atoms with van der Waals surface area (Å²) in [4.78, 5) is 24.9. The normalized spacial score (nSPS) is 12.6. The Balaban J connectivity index is 2.11. The van der Waals surface area contributed by atoms with E-state index in [0.717, 1.165) is 4.88 Å². The molecule has 0 aliphatic rings. The highest BCUT2D eigenvalue weighted by Gasteiger charge is 2.36. The van der Waals surface area contributed by atoms with Crippen LogP contribution in [-0.2, 0) is 10.5 Å².